The molecule has 0 unspecified atom stereocenters. The molecule has 3 atom stereocenters. The van der Waals surface area contributed by atoms with Crippen LogP contribution in [0, 0.1) is 5.92 Å². The van der Waals surface area contributed by atoms with Crippen LogP contribution in [-0.2, 0) is 13.9 Å². The number of ether oxygens (including phenoxy) is 2. The molecule has 3 nitrogen and oxygen atoms in total. The monoisotopic (exact) mass is 482 g/mol. The summed E-state index contributed by atoms with van der Waals surface area (Å²) in [5.41, 5.74) is 0. The highest BCUT2D eigenvalue weighted by Crippen LogP contribution is 2.37. The molecule has 0 aliphatic carbocycles. The van der Waals surface area contributed by atoms with Crippen LogP contribution in [0.2, 0.25) is 18.1 Å². The van der Waals surface area contributed by atoms with Gasteiger partial charge < -0.3 is 13.9 Å². The molecule has 1 aliphatic rings. The van der Waals surface area contributed by atoms with Crippen molar-refractivity contribution in [3.63, 3.8) is 0 Å². The second-order valence-corrected chi connectivity index (χ2v) is 15.1. The summed E-state index contributed by atoms with van der Waals surface area (Å²) in [6, 6.07) is 0. The van der Waals surface area contributed by atoms with Crippen LogP contribution in [0.1, 0.15) is 60.8 Å². The van der Waals surface area contributed by atoms with E-state index in [1.807, 2.05) is 13.8 Å². The Morgan fingerprint density at radius 3 is 2.40 bits per heavy atom. The minimum Gasteiger partial charge on any atom is -0.417 e. The Kier molecular flexibility index (Phi) is 9.13. The Morgan fingerprint density at radius 1 is 1.20 bits per heavy atom. The van der Waals surface area contributed by atoms with Crippen molar-refractivity contribution in [2.24, 2.45) is 5.92 Å². The molecule has 1 fully saturated rings. The quantitative estimate of drug-likeness (QED) is 0.126. The van der Waals surface area contributed by atoms with Crippen molar-refractivity contribution in [1.82, 2.24) is 0 Å². The van der Waals surface area contributed by atoms with E-state index in [0.717, 1.165) is 23.9 Å². The van der Waals surface area contributed by atoms with E-state index in [1.54, 1.807) is 0 Å². The number of alkyl halides is 1. The lowest BCUT2D eigenvalue weighted by Crippen LogP contribution is -2.40. The van der Waals surface area contributed by atoms with Crippen LogP contribution in [0.25, 0.3) is 0 Å². The first-order valence-electron chi connectivity index (χ1n) is 9.60. The number of hydrogen-bond acceptors (Lipinski definition) is 3. The molecule has 1 saturated heterocycles. The van der Waals surface area contributed by atoms with Crippen molar-refractivity contribution in [2.75, 3.05) is 11.0 Å². The summed E-state index contributed by atoms with van der Waals surface area (Å²) in [6.45, 7) is 18.6. The first-order valence-corrected chi connectivity index (χ1v) is 14.0. The Labute approximate surface area is 170 Å². The molecule has 0 aromatic heterocycles. The summed E-state index contributed by atoms with van der Waals surface area (Å²) in [5.74, 6) is 0.0627. The third-order valence-corrected chi connectivity index (χ3v) is 10.6. The zero-order chi connectivity index (χ0) is 19.3. The lowest BCUT2D eigenvalue weighted by atomic mass is 9.95. The molecule has 0 amide bonds. The molecule has 0 aromatic carbocycles. The summed E-state index contributed by atoms with van der Waals surface area (Å²) >= 11 is 2.44. The first-order chi connectivity index (χ1) is 11.4. The van der Waals surface area contributed by atoms with Gasteiger partial charge in [0.05, 0.1) is 12.2 Å². The molecule has 148 valence electrons. The fourth-order valence-corrected chi connectivity index (χ4v) is 4.85. The van der Waals surface area contributed by atoms with E-state index in [2.05, 4.69) is 75.5 Å². The lowest BCUT2D eigenvalue weighted by molar-refractivity contribution is -0.149. The van der Waals surface area contributed by atoms with E-state index in [1.165, 1.54) is 6.42 Å². The largest absolute Gasteiger partial charge is 0.417 e. The van der Waals surface area contributed by atoms with Gasteiger partial charge >= 0.3 is 0 Å². The van der Waals surface area contributed by atoms with Gasteiger partial charge in [-0.3, -0.25) is 0 Å². The molecule has 1 heterocycles. The molecule has 0 bridgehead atoms. The van der Waals surface area contributed by atoms with Gasteiger partial charge in [0.25, 0.3) is 0 Å². The highest BCUT2D eigenvalue weighted by atomic mass is 127. The Hall–Kier alpha value is 0.567. The fraction of sp³-hybridized carbons (Fsp3) is 0.900. The minimum atomic E-state index is -1.62. The van der Waals surface area contributed by atoms with Crippen molar-refractivity contribution in [2.45, 2.75) is 96.9 Å². The van der Waals surface area contributed by atoms with Crippen LogP contribution >= 0.6 is 22.6 Å². The minimum absolute atomic E-state index is 0.158. The second kappa shape index (κ2) is 9.67. The summed E-state index contributed by atoms with van der Waals surface area (Å²) in [5, 5.41) is 0.277. The summed E-state index contributed by atoms with van der Waals surface area (Å²) in [4.78, 5) is 0. The molecule has 0 saturated carbocycles. The van der Waals surface area contributed by atoms with E-state index < -0.39 is 14.1 Å². The third-order valence-electron chi connectivity index (χ3n) is 5.44. The van der Waals surface area contributed by atoms with Crippen LogP contribution < -0.4 is 0 Å². The van der Waals surface area contributed by atoms with Crippen molar-refractivity contribution < 1.29 is 13.9 Å². The molecule has 0 spiro atoms. The Bertz CT molecular complexity index is 429. The zero-order valence-electron chi connectivity index (χ0n) is 17.5. The molecular weight excluding hydrogens is 443 g/mol. The van der Waals surface area contributed by atoms with E-state index >= 15 is 0 Å². The van der Waals surface area contributed by atoms with Crippen molar-refractivity contribution >= 4 is 30.9 Å². The average molecular weight is 483 g/mol. The first kappa shape index (κ1) is 23.6. The maximum absolute atomic E-state index is 6.22. The maximum Gasteiger partial charge on any atom is 0.191 e. The molecule has 5 heteroatoms. The van der Waals surface area contributed by atoms with Crippen LogP contribution in [0.3, 0.4) is 0 Å². The highest BCUT2D eigenvalue weighted by Gasteiger charge is 2.42. The average Bonchev–Trinajstić information content (AvgIpc) is 2.77. The van der Waals surface area contributed by atoms with Crippen molar-refractivity contribution in [3.8, 4) is 0 Å². The summed E-state index contributed by atoms with van der Waals surface area (Å²) < 4.78 is 19.7. The van der Waals surface area contributed by atoms with E-state index in [4.69, 9.17) is 13.9 Å². The van der Waals surface area contributed by atoms with Crippen LogP contribution in [0.4, 0.5) is 0 Å². The van der Waals surface area contributed by atoms with E-state index in [0.29, 0.717) is 5.92 Å². The van der Waals surface area contributed by atoms with Gasteiger partial charge in [-0.05, 0) is 61.6 Å². The predicted octanol–water partition coefficient (Wildman–Crippen LogP) is 6.33. The number of halogens is 1. The molecular formula is C20H39IO3Si. The van der Waals surface area contributed by atoms with Crippen LogP contribution in [-0.4, -0.2) is 37.3 Å². The Morgan fingerprint density at radius 2 is 1.84 bits per heavy atom. The highest BCUT2D eigenvalue weighted by molar-refractivity contribution is 14.1. The molecule has 0 aromatic rings. The topological polar surface area (TPSA) is 27.7 Å². The van der Waals surface area contributed by atoms with Gasteiger partial charge in [-0.25, -0.2) is 0 Å². The van der Waals surface area contributed by atoms with E-state index in [9.17, 15) is 0 Å². The van der Waals surface area contributed by atoms with Gasteiger partial charge in [-0.15, -0.1) is 0 Å². The van der Waals surface area contributed by atoms with Gasteiger partial charge in [0.15, 0.2) is 14.1 Å². The van der Waals surface area contributed by atoms with E-state index in [-0.39, 0.29) is 17.2 Å². The second-order valence-electron chi connectivity index (χ2n) is 9.20. The standard InChI is InChI=1S/C20H39IO3Si/c1-16(13-14-21)18-17(23-20(5,6)24-18)12-10-9-11-15-22-25(7,8)19(2,3)4/h9-10,16-18H,11-15H2,1-8H3/b10-9-/t16-,17-,18-/m1/s1. The molecule has 1 rings (SSSR count). The number of rotatable bonds is 9. The van der Waals surface area contributed by atoms with Crippen LogP contribution in [0.5, 0.6) is 0 Å². The SMILES string of the molecule is C[C@H](CCI)[C@H]1OC(C)(C)O[C@@H]1C/C=C\CCO[Si](C)(C)C(C)(C)C. The van der Waals surface area contributed by atoms with Crippen molar-refractivity contribution in [3.05, 3.63) is 12.2 Å². The lowest BCUT2D eigenvalue weighted by Gasteiger charge is -2.36. The molecule has 0 radical (unpaired) electrons. The van der Waals surface area contributed by atoms with Gasteiger partial charge in [0.1, 0.15) is 0 Å². The van der Waals surface area contributed by atoms with Gasteiger partial charge in [0, 0.05) is 6.61 Å². The Balaban J connectivity index is 2.43. The van der Waals surface area contributed by atoms with Gasteiger partial charge in [0.2, 0.25) is 0 Å². The summed E-state index contributed by atoms with van der Waals surface area (Å²) in [7, 11) is -1.62. The van der Waals surface area contributed by atoms with Gasteiger partial charge in [-0.2, -0.15) is 0 Å². The molecule has 1 aliphatic heterocycles. The number of hydrogen-bond donors (Lipinski definition) is 0. The normalized spacial score (nSPS) is 25.6. The van der Waals surface area contributed by atoms with Gasteiger partial charge in [-0.1, -0.05) is 62.4 Å². The molecule has 0 N–H and O–H groups in total. The van der Waals surface area contributed by atoms with Crippen LogP contribution in [0.15, 0.2) is 12.2 Å². The summed E-state index contributed by atoms with van der Waals surface area (Å²) in [6.07, 6.45) is 7.89. The fourth-order valence-electron chi connectivity index (χ4n) is 2.81. The maximum atomic E-state index is 6.22. The predicted molar refractivity (Wildman–Crippen MR) is 118 cm³/mol. The zero-order valence-corrected chi connectivity index (χ0v) is 20.7. The third kappa shape index (κ3) is 7.60. The smallest absolute Gasteiger partial charge is 0.191 e. The van der Waals surface area contributed by atoms with Crippen molar-refractivity contribution in [1.29, 1.82) is 0 Å². The molecule has 25 heavy (non-hydrogen) atoms.